The average Bonchev–Trinajstić information content (AvgIpc) is 3.23. The molecule has 0 aliphatic carbocycles. The Morgan fingerprint density at radius 3 is 2.65 bits per heavy atom. The van der Waals surface area contributed by atoms with Gasteiger partial charge in [0.2, 0.25) is 5.95 Å². The van der Waals surface area contributed by atoms with Crippen LogP contribution in [0.3, 0.4) is 0 Å². The molecule has 2 aromatic rings. The van der Waals surface area contributed by atoms with Crippen molar-refractivity contribution in [1.29, 1.82) is 0 Å². The van der Waals surface area contributed by atoms with Gasteiger partial charge in [-0.2, -0.15) is 0 Å². The second-order valence-electron chi connectivity index (χ2n) is 9.97. The van der Waals surface area contributed by atoms with Crippen LogP contribution >= 0.6 is 0 Å². The lowest BCUT2D eigenvalue weighted by atomic mass is 9.99. The summed E-state index contributed by atoms with van der Waals surface area (Å²) in [4.78, 5) is 15.3. The van der Waals surface area contributed by atoms with Crippen LogP contribution in [0, 0.1) is 5.92 Å². The van der Waals surface area contributed by atoms with Crippen LogP contribution in [0.5, 0.6) is 11.5 Å². The molecule has 0 saturated carbocycles. The van der Waals surface area contributed by atoms with Gasteiger partial charge in [0.1, 0.15) is 6.61 Å². The molecule has 2 aliphatic heterocycles. The maximum Gasteiger partial charge on any atom is 0.225 e. The minimum atomic E-state index is -0.784. The van der Waals surface area contributed by atoms with Gasteiger partial charge in [-0.1, -0.05) is 13.0 Å². The Kier molecular flexibility index (Phi) is 8.24. The van der Waals surface area contributed by atoms with Gasteiger partial charge in [0.25, 0.3) is 0 Å². The highest BCUT2D eigenvalue weighted by molar-refractivity contribution is 5.43. The second-order valence-corrected chi connectivity index (χ2v) is 9.97. The summed E-state index contributed by atoms with van der Waals surface area (Å²) in [5, 5.41) is 11.1. The van der Waals surface area contributed by atoms with Crippen LogP contribution in [0.4, 0.5) is 5.95 Å². The van der Waals surface area contributed by atoms with E-state index in [1.54, 1.807) is 25.6 Å². The minimum absolute atomic E-state index is 0.535. The molecule has 1 aromatic carbocycles. The number of benzene rings is 1. The molecule has 0 radical (unpaired) electrons. The van der Waals surface area contributed by atoms with Crippen molar-refractivity contribution in [2.24, 2.45) is 5.92 Å². The summed E-state index contributed by atoms with van der Waals surface area (Å²) in [6.07, 6.45) is 6.72. The van der Waals surface area contributed by atoms with E-state index < -0.39 is 5.60 Å². The molecule has 1 N–H and O–H groups in total. The lowest BCUT2D eigenvalue weighted by Crippen LogP contribution is -2.43. The van der Waals surface area contributed by atoms with Gasteiger partial charge < -0.3 is 19.5 Å². The number of hydrogen-bond donors (Lipinski definition) is 1. The summed E-state index contributed by atoms with van der Waals surface area (Å²) in [6.45, 7) is 8.85. The van der Waals surface area contributed by atoms with E-state index in [1.165, 1.54) is 12.8 Å². The Balaban J connectivity index is 1.27. The summed E-state index contributed by atoms with van der Waals surface area (Å²) < 4.78 is 11.7. The SMILES string of the molecule is COc1cc(CN(C)CC2(O)CCN(c3ncccn3)C2)ccc1OCCN1CCC(C)CC1. The zero-order chi connectivity index (χ0) is 24.0. The van der Waals surface area contributed by atoms with E-state index in [0.29, 0.717) is 38.6 Å². The molecule has 2 saturated heterocycles. The van der Waals surface area contributed by atoms with Crippen molar-refractivity contribution in [2.45, 2.75) is 38.3 Å². The molecule has 1 atom stereocenters. The Morgan fingerprint density at radius 2 is 1.91 bits per heavy atom. The molecule has 2 fully saturated rings. The highest BCUT2D eigenvalue weighted by Gasteiger charge is 2.38. The third-order valence-corrected chi connectivity index (χ3v) is 6.95. The molecule has 1 unspecified atom stereocenters. The number of rotatable bonds is 10. The smallest absolute Gasteiger partial charge is 0.225 e. The number of nitrogens with zero attached hydrogens (tertiary/aromatic N) is 5. The van der Waals surface area contributed by atoms with E-state index >= 15 is 0 Å². The summed E-state index contributed by atoms with van der Waals surface area (Å²) in [5.41, 5.74) is 0.342. The summed E-state index contributed by atoms with van der Waals surface area (Å²) in [5.74, 6) is 3.06. The summed E-state index contributed by atoms with van der Waals surface area (Å²) in [7, 11) is 3.72. The van der Waals surface area contributed by atoms with Crippen LogP contribution in [0.15, 0.2) is 36.7 Å². The fourth-order valence-corrected chi connectivity index (χ4v) is 4.98. The average molecular weight is 470 g/mol. The van der Waals surface area contributed by atoms with Crippen molar-refractivity contribution in [3.63, 3.8) is 0 Å². The predicted octanol–water partition coefficient (Wildman–Crippen LogP) is 2.67. The standard InChI is InChI=1S/C26H39N5O3/c1-21-7-12-30(13-8-21)15-16-34-23-6-5-22(17-24(23)33-3)18-29(2)19-26(32)9-14-31(20-26)25-27-10-4-11-28-25/h4-6,10-11,17,21,32H,7-9,12-16,18-20H2,1-3H3. The van der Waals surface area contributed by atoms with E-state index in [9.17, 15) is 5.11 Å². The zero-order valence-corrected chi connectivity index (χ0v) is 20.8. The molecule has 0 spiro atoms. The van der Waals surface area contributed by atoms with Gasteiger partial charge >= 0.3 is 0 Å². The molecule has 2 aliphatic rings. The quantitative estimate of drug-likeness (QED) is 0.569. The molecule has 186 valence electrons. The number of aliphatic hydroxyl groups is 1. The highest BCUT2D eigenvalue weighted by atomic mass is 16.5. The van der Waals surface area contributed by atoms with E-state index in [-0.39, 0.29) is 0 Å². The van der Waals surface area contributed by atoms with Gasteiger partial charge in [0.05, 0.1) is 19.3 Å². The Hall–Kier alpha value is -2.42. The lowest BCUT2D eigenvalue weighted by Gasteiger charge is -2.30. The van der Waals surface area contributed by atoms with Gasteiger partial charge in [-0.15, -0.1) is 0 Å². The molecule has 0 amide bonds. The van der Waals surface area contributed by atoms with Crippen molar-refractivity contribution in [1.82, 2.24) is 19.8 Å². The molecule has 8 heteroatoms. The van der Waals surface area contributed by atoms with Crippen molar-refractivity contribution < 1.29 is 14.6 Å². The topological polar surface area (TPSA) is 74.2 Å². The number of likely N-dealkylation sites (tertiary alicyclic amines) is 1. The van der Waals surface area contributed by atoms with Crippen LogP contribution in [0.25, 0.3) is 0 Å². The van der Waals surface area contributed by atoms with Gasteiger partial charge in [0, 0.05) is 38.6 Å². The third kappa shape index (κ3) is 6.58. The number of ether oxygens (including phenoxy) is 2. The largest absolute Gasteiger partial charge is 0.493 e. The minimum Gasteiger partial charge on any atom is -0.493 e. The number of piperidine rings is 1. The first-order valence-electron chi connectivity index (χ1n) is 12.4. The van der Waals surface area contributed by atoms with Crippen LogP contribution < -0.4 is 14.4 Å². The van der Waals surface area contributed by atoms with Crippen LogP contribution in [0.1, 0.15) is 31.7 Å². The summed E-state index contributed by atoms with van der Waals surface area (Å²) >= 11 is 0. The van der Waals surface area contributed by atoms with Gasteiger partial charge in [-0.3, -0.25) is 9.80 Å². The summed E-state index contributed by atoms with van der Waals surface area (Å²) in [6, 6.07) is 7.93. The molecule has 0 bridgehead atoms. The highest BCUT2D eigenvalue weighted by Crippen LogP contribution is 2.30. The van der Waals surface area contributed by atoms with E-state index in [0.717, 1.165) is 49.2 Å². The first-order valence-corrected chi connectivity index (χ1v) is 12.4. The monoisotopic (exact) mass is 469 g/mol. The first kappa shape index (κ1) is 24.7. The normalized spacial score (nSPS) is 21.9. The number of anilines is 1. The molecule has 8 nitrogen and oxygen atoms in total. The van der Waals surface area contributed by atoms with Crippen LogP contribution in [0.2, 0.25) is 0 Å². The fourth-order valence-electron chi connectivity index (χ4n) is 4.98. The molecular formula is C26H39N5O3. The van der Waals surface area contributed by atoms with Crippen molar-refractivity contribution in [3.8, 4) is 11.5 Å². The molecular weight excluding hydrogens is 430 g/mol. The van der Waals surface area contributed by atoms with E-state index in [2.05, 4.69) is 32.8 Å². The van der Waals surface area contributed by atoms with Crippen molar-refractivity contribution in [2.75, 3.05) is 64.9 Å². The predicted molar refractivity (Wildman–Crippen MR) is 133 cm³/mol. The second kappa shape index (κ2) is 11.3. The Bertz CT molecular complexity index is 907. The lowest BCUT2D eigenvalue weighted by molar-refractivity contribution is 0.0279. The van der Waals surface area contributed by atoms with E-state index in [4.69, 9.17) is 9.47 Å². The number of aromatic nitrogens is 2. The molecule has 1 aromatic heterocycles. The number of β-amino-alcohol motifs (C(OH)–C–C–N with tert-alkyl or cyclic N) is 1. The van der Waals surface area contributed by atoms with Gasteiger partial charge in [-0.05, 0) is 69.1 Å². The van der Waals surface area contributed by atoms with Crippen LogP contribution in [-0.2, 0) is 6.54 Å². The zero-order valence-electron chi connectivity index (χ0n) is 20.8. The fraction of sp³-hybridized carbons (Fsp3) is 0.615. The van der Waals surface area contributed by atoms with E-state index in [1.807, 2.05) is 24.1 Å². The van der Waals surface area contributed by atoms with Gasteiger partial charge in [-0.25, -0.2) is 9.97 Å². The number of likely N-dealkylation sites (N-methyl/N-ethyl adjacent to an activating group) is 1. The molecule has 4 rings (SSSR count). The number of hydrogen-bond acceptors (Lipinski definition) is 8. The maximum atomic E-state index is 11.1. The third-order valence-electron chi connectivity index (χ3n) is 6.95. The first-order chi connectivity index (χ1) is 16.4. The van der Waals surface area contributed by atoms with Crippen LogP contribution in [-0.4, -0.2) is 90.5 Å². The van der Waals surface area contributed by atoms with Crippen molar-refractivity contribution >= 4 is 5.95 Å². The van der Waals surface area contributed by atoms with Crippen molar-refractivity contribution in [3.05, 3.63) is 42.2 Å². The Morgan fingerprint density at radius 1 is 1.15 bits per heavy atom. The molecule has 34 heavy (non-hydrogen) atoms. The van der Waals surface area contributed by atoms with Gasteiger partial charge in [0.15, 0.2) is 11.5 Å². The molecule has 3 heterocycles. The number of methoxy groups -OCH3 is 1. The maximum absolute atomic E-state index is 11.1. The Labute approximate surface area is 203 Å².